The minimum Gasteiger partial charge on any atom is -0.493 e. The number of methoxy groups -OCH3 is 2. The predicted molar refractivity (Wildman–Crippen MR) is 73.1 cm³/mol. The lowest BCUT2D eigenvalue weighted by molar-refractivity contribution is 0.102. The molecule has 90 valence electrons. The summed E-state index contributed by atoms with van der Waals surface area (Å²) < 4.78 is 11.5. The van der Waals surface area contributed by atoms with Crippen LogP contribution in [0.3, 0.4) is 0 Å². The van der Waals surface area contributed by atoms with Crippen molar-refractivity contribution in [1.29, 1.82) is 0 Å². The summed E-state index contributed by atoms with van der Waals surface area (Å²) in [6.07, 6.45) is 0. The molecule has 0 saturated heterocycles. The summed E-state index contributed by atoms with van der Waals surface area (Å²) in [6.45, 7) is 0. The number of benzene rings is 1. The fraction of sp³-hybridized carbons (Fsp3) is 0.250. The van der Waals surface area contributed by atoms with Crippen molar-refractivity contribution in [1.82, 2.24) is 0 Å². The molecule has 0 saturated carbocycles. The molecule has 2 rings (SSSR count). The molecule has 3 nitrogen and oxygen atoms in total. The van der Waals surface area contributed by atoms with Crippen LogP contribution in [-0.2, 0) is 0 Å². The van der Waals surface area contributed by atoms with Gasteiger partial charge in [0.05, 0.1) is 24.4 Å². The molecule has 0 spiro atoms. The molecule has 5 heteroatoms. The van der Waals surface area contributed by atoms with Crippen molar-refractivity contribution < 1.29 is 14.3 Å². The van der Waals surface area contributed by atoms with E-state index in [4.69, 9.17) is 9.47 Å². The molecule has 0 radical (unpaired) electrons. The van der Waals surface area contributed by atoms with Gasteiger partial charge in [-0.1, -0.05) is 15.9 Å². The quantitative estimate of drug-likeness (QED) is 0.640. The van der Waals surface area contributed by atoms with E-state index in [0.29, 0.717) is 16.8 Å². The first kappa shape index (κ1) is 12.4. The third-order valence-corrected chi connectivity index (χ3v) is 4.07. The van der Waals surface area contributed by atoms with Crippen LogP contribution in [0, 0.1) is 0 Å². The molecule has 0 fully saturated rings. The van der Waals surface area contributed by atoms with E-state index in [2.05, 4.69) is 15.9 Å². The third-order valence-electron chi connectivity index (χ3n) is 2.42. The zero-order valence-electron chi connectivity index (χ0n) is 9.45. The van der Waals surface area contributed by atoms with Crippen molar-refractivity contribution in [2.75, 3.05) is 19.5 Å². The molecule has 17 heavy (non-hydrogen) atoms. The van der Waals surface area contributed by atoms with Gasteiger partial charge in [0.15, 0.2) is 17.3 Å². The van der Waals surface area contributed by atoms with Gasteiger partial charge in [0.1, 0.15) is 0 Å². The van der Waals surface area contributed by atoms with E-state index in [1.807, 2.05) is 18.2 Å². The van der Waals surface area contributed by atoms with Crippen LogP contribution in [0.2, 0.25) is 0 Å². The highest BCUT2D eigenvalue weighted by atomic mass is 79.9. The van der Waals surface area contributed by atoms with Crippen molar-refractivity contribution in [3.8, 4) is 11.5 Å². The summed E-state index contributed by atoms with van der Waals surface area (Å²) in [6, 6.07) is 5.66. The van der Waals surface area contributed by atoms with Crippen molar-refractivity contribution in [2.24, 2.45) is 0 Å². The van der Waals surface area contributed by atoms with Gasteiger partial charge in [-0.15, -0.1) is 11.3 Å². The standard InChI is InChI=1S/C12H11BrO3S/c1-15-9-3-7-4-12(8(14)6-13)17-11(7)5-10(9)16-2/h3-5H,6H2,1-2H3. The van der Waals surface area contributed by atoms with Gasteiger partial charge in [0.2, 0.25) is 0 Å². The zero-order valence-corrected chi connectivity index (χ0v) is 11.9. The molecule has 0 aliphatic heterocycles. The average molecular weight is 315 g/mol. The molecule has 0 amide bonds. The second-order valence-corrected chi connectivity index (χ2v) is 5.06. The summed E-state index contributed by atoms with van der Waals surface area (Å²) in [4.78, 5) is 12.3. The number of Topliss-reactive ketones (excluding diaryl/α,β-unsaturated/α-hetero) is 1. The van der Waals surface area contributed by atoms with Crippen molar-refractivity contribution in [2.45, 2.75) is 0 Å². The Labute approximate surface area is 111 Å². The van der Waals surface area contributed by atoms with Gasteiger partial charge in [-0.25, -0.2) is 0 Å². The lowest BCUT2D eigenvalue weighted by Gasteiger charge is -2.06. The predicted octanol–water partition coefficient (Wildman–Crippen LogP) is 3.50. The zero-order chi connectivity index (χ0) is 12.4. The molecule has 2 aromatic rings. The van der Waals surface area contributed by atoms with Crippen LogP contribution in [0.1, 0.15) is 9.67 Å². The number of carbonyl (C=O) groups excluding carboxylic acids is 1. The Morgan fingerprint density at radius 3 is 2.47 bits per heavy atom. The number of thiophene rings is 1. The lowest BCUT2D eigenvalue weighted by Crippen LogP contribution is -1.94. The molecular formula is C12H11BrO3S. The Balaban J connectivity index is 2.57. The molecule has 0 aliphatic rings. The second kappa shape index (κ2) is 5.06. The van der Waals surface area contributed by atoms with Crippen LogP contribution in [0.25, 0.3) is 10.1 Å². The summed E-state index contributed by atoms with van der Waals surface area (Å²) >= 11 is 4.64. The summed E-state index contributed by atoms with van der Waals surface area (Å²) in [5.74, 6) is 1.44. The SMILES string of the molecule is COc1cc2cc(C(=O)CBr)sc2cc1OC. The second-order valence-electron chi connectivity index (χ2n) is 3.41. The number of carbonyl (C=O) groups is 1. The highest BCUT2D eigenvalue weighted by molar-refractivity contribution is 9.09. The number of fused-ring (bicyclic) bond motifs is 1. The number of alkyl halides is 1. The summed E-state index contributed by atoms with van der Waals surface area (Å²) in [7, 11) is 3.20. The van der Waals surface area contributed by atoms with E-state index in [1.54, 1.807) is 14.2 Å². The first-order valence-electron chi connectivity index (χ1n) is 4.94. The van der Waals surface area contributed by atoms with E-state index in [0.717, 1.165) is 15.0 Å². The Morgan fingerprint density at radius 2 is 1.88 bits per heavy atom. The smallest absolute Gasteiger partial charge is 0.183 e. The van der Waals surface area contributed by atoms with E-state index in [-0.39, 0.29) is 5.78 Å². The average Bonchev–Trinajstić information content (AvgIpc) is 2.78. The Hall–Kier alpha value is -1.07. The van der Waals surface area contributed by atoms with Crippen LogP contribution in [-0.4, -0.2) is 25.3 Å². The molecule has 1 heterocycles. The molecule has 0 aliphatic carbocycles. The van der Waals surface area contributed by atoms with E-state index < -0.39 is 0 Å². The monoisotopic (exact) mass is 314 g/mol. The highest BCUT2D eigenvalue weighted by Gasteiger charge is 2.12. The minimum atomic E-state index is 0.0872. The minimum absolute atomic E-state index is 0.0872. The van der Waals surface area contributed by atoms with Gasteiger partial charge in [-0.3, -0.25) is 4.79 Å². The third kappa shape index (κ3) is 2.30. The molecule has 0 bridgehead atoms. The molecule has 0 atom stereocenters. The molecule has 0 N–H and O–H groups in total. The van der Waals surface area contributed by atoms with E-state index >= 15 is 0 Å². The van der Waals surface area contributed by atoms with Crippen LogP contribution in [0.5, 0.6) is 11.5 Å². The lowest BCUT2D eigenvalue weighted by atomic mass is 10.2. The summed E-state index contributed by atoms with van der Waals surface area (Å²) in [5.41, 5.74) is 0. The number of rotatable bonds is 4. The van der Waals surface area contributed by atoms with Gasteiger partial charge in [-0.05, 0) is 17.5 Å². The molecule has 0 unspecified atom stereocenters. The Morgan fingerprint density at radius 1 is 1.24 bits per heavy atom. The van der Waals surface area contributed by atoms with Crippen LogP contribution >= 0.6 is 27.3 Å². The van der Waals surface area contributed by atoms with E-state index in [1.165, 1.54) is 11.3 Å². The maximum absolute atomic E-state index is 11.6. The number of hydrogen-bond donors (Lipinski definition) is 0. The maximum atomic E-state index is 11.6. The molecular weight excluding hydrogens is 304 g/mol. The van der Waals surface area contributed by atoms with E-state index in [9.17, 15) is 4.79 Å². The summed E-state index contributed by atoms with van der Waals surface area (Å²) in [5, 5.41) is 1.34. The van der Waals surface area contributed by atoms with Crippen molar-refractivity contribution in [3.63, 3.8) is 0 Å². The number of ketones is 1. The van der Waals surface area contributed by atoms with Crippen molar-refractivity contribution in [3.05, 3.63) is 23.1 Å². The molecule has 1 aromatic carbocycles. The maximum Gasteiger partial charge on any atom is 0.183 e. The Bertz CT molecular complexity index is 521. The topological polar surface area (TPSA) is 35.5 Å². The first-order valence-corrected chi connectivity index (χ1v) is 6.88. The Kier molecular flexibility index (Phi) is 3.69. The van der Waals surface area contributed by atoms with Crippen LogP contribution < -0.4 is 9.47 Å². The fourth-order valence-corrected chi connectivity index (χ4v) is 3.07. The van der Waals surface area contributed by atoms with Crippen LogP contribution in [0.15, 0.2) is 18.2 Å². The first-order chi connectivity index (χ1) is 8.19. The number of ether oxygens (including phenoxy) is 2. The van der Waals surface area contributed by atoms with Crippen LogP contribution in [0.4, 0.5) is 0 Å². The highest BCUT2D eigenvalue weighted by Crippen LogP contribution is 2.36. The number of halogens is 1. The van der Waals surface area contributed by atoms with Crippen molar-refractivity contribution >= 4 is 43.1 Å². The largest absolute Gasteiger partial charge is 0.493 e. The van der Waals surface area contributed by atoms with Gasteiger partial charge < -0.3 is 9.47 Å². The van der Waals surface area contributed by atoms with Gasteiger partial charge >= 0.3 is 0 Å². The van der Waals surface area contributed by atoms with Gasteiger partial charge in [0.25, 0.3) is 0 Å². The number of hydrogen-bond acceptors (Lipinski definition) is 4. The molecule has 1 aromatic heterocycles. The van der Waals surface area contributed by atoms with Gasteiger partial charge in [0, 0.05) is 10.8 Å². The normalized spacial score (nSPS) is 10.5. The fourth-order valence-electron chi connectivity index (χ4n) is 1.57. The van der Waals surface area contributed by atoms with Gasteiger partial charge in [-0.2, -0.15) is 0 Å².